The first kappa shape index (κ1) is 17.1. The van der Waals surface area contributed by atoms with Crippen molar-refractivity contribution in [2.24, 2.45) is 0 Å². The van der Waals surface area contributed by atoms with Crippen molar-refractivity contribution in [2.45, 2.75) is 13.2 Å². The van der Waals surface area contributed by atoms with Crippen molar-refractivity contribution < 1.29 is 9.13 Å². The minimum atomic E-state index is -0.236. The number of halogens is 1. The molecule has 0 atom stereocenters. The fraction of sp³-hybridized carbons (Fsp3) is 0.0833. The van der Waals surface area contributed by atoms with Crippen molar-refractivity contribution in [3.63, 3.8) is 0 Å². The smallest absolute Gasteiger partial charge is 0.123 e. The summed E-state index contributed by atoms with van der Waals surface area (Å²) in [6.45, 7) is 1.13. The topological polar surface area (TPSA) is 21.3 Å². The van der Waals surface area contributed by atoms with Crippen LogP contribution in [0.5, 0.6) is 5.75 Å². The van der Waals surface area contributed by atoms with E-state index in [4.69, 9.17) is 4.74 Å². The molecule has 0 saturated carbocycles. The zero-order valence-corrected chi connectivity index (χ0v) is 14.9. The molecule has 4 aromatic rings. The third-order valence-electron chi connectivity index (χ3n) is 4.49. The number of hydrogen-bond acceptors (Lipinski definition) is 2. The molecule has 0 heterocycles. The summed E-state index contributed by atoms with van der Waals surface area (Å²) in [7, 11) is 0. The van der Waals surface area contributed by atoms with Crippen LogP contribution in [0.1, 0.15) is 11.1 Å². The summed E-state index contributed by atoms with van der Waals surface area (Å²) in [5.41, 5.74) is 3.20. The first-order valence-corrected chi connectivity index (χ1v) is 8.96. The zero-order valence-electron chi connectivity index (χ0n) is 14.9. The van der Waals surface area contributed by atoms with E-state index >= 15 is 0 Å². The van der Waals surface area contributed by atoms with E-state index in [-0.39, 0.29) is 5.82 Å². The summed E-state index contributed by atoms with van der Waals surface area (Å²) in [4.78, 5) is 0. The highest BCUT2D eigenvalue weighted by Gasteiger charge is 2.02. The van der Waals surface area contributed by atoms with E-state index in [1.54, 1.807) is 12.1 Å². The third kappa shape index (κ3) is 4.26. The molecule has 0 radical (unpaired) electrons. The quantitative estimate of drug-likeness (QED) is 0.445. The fourth-order valence-corrected chi connectivity index (χ4v) is 3.07. The van der Waals surface area contributed by atoms with Crippen LogP contribution < -0.4 is 10.1 Å². The van der Waals surface area contributed by atoms with Crippen molar-refractivity contribution in [1.29, 1.82) is 0 Å². The lowest BCUT2D eigenvalue weighted by atomic mass is 10.1. The molecule has 0 aromatic heterocycles. The van der Waals surface area contributed by atoms with Crippen LogP contribution in [-0.4, -0.2) is 0 Å². The van der Waals surface area contributed by atoms with Crippen LogP contribution in [0.25, 0.3) is 10.8 Å². The molecule has 2 nitrogen and oxygen atoms in total. The predicted octanol–water partition coefficient (Wildman–Crippen LogP) is 6.17. The standard InChI is InChI=1S/C24H20FNO/c25-21-13-11-18(12-14-21)17-27-22-8-3-5-19(15-22)16-26-24-10-4-7-20-6-1-2-9-23(20)24/h1-15,26H,16-17H2. The summed E-state index contributed by atoms with van der Waals surface area (Å²) in [5.74, 6) is 0.566. The average molecular weight is 357 g/mol. The van der Waals surface area contributed by atoms with E-state index in [0.717, 1.165) is 22.6 Å². The second-order valence-corrected chi connectivity index (χ2v) is 6.44. The third-order valence-corrected chi connectivity index (χ3v) is 4.49. The Hall–Kier alpha value is -3.33. The van der Waals surface area contributed by atoms with Crippen LogP contribution in [0.4, 0.5) is 10.1 Å². The number of hydrogen-bond donors (Lipinski definition) is 1. The highest BCUT2D eigenvalue weighted by atomic mass is 19.1. The summed E-state index contributed by atoms with van der Waals surface area (Å²) in [6.07, 6.45) is 0. The molecule has 0 saturated heterocycles. The number of nitrogens with one attached hydrogen (secondary N) is 1. The molecule has 0 unspecified atom stereocenters. The Morgan fingerprint density at radius 3 is 2.41 bits per heavy atom. The average Bonchev–Trinajstić information content (AvgIpc) is 2.72. The Labute approximate surface area is 158 Å². The van der Waals surface area contributed by atoms with E-state index in [1.807, 2.05) is 24.3 Å². The maximum absolute atomic E-state index is 13.0. The van der Waals surface area contributed by atoms with Gasteiger partial charge in [0, 0.05) is 17.6 Å². The summed E-state index contributed by atoms with van der Waals surface area (Å²) in [5, 5.41) is 5.95. The summed E-state index contributed by atoms with van der Waals surface area (Å²) < 4.78 is 18.8. The van der Waals surface area contributed by atoms with Gasteiger partial charge in [0.05, 0.1) is 0 Å². The molecule has 134 valence electrons. The van der Waals surface area contributed by atoms with Crippen LogP contribution in [0, 0.1) is 5.82 Å². The number of fused-ring (bicyclic) bond motifs is 1. The van der Waals surface area contributed by atoms with E-state index < -0.39 is 0 Å². The molecule has 0 aliphatic rings. The highest BCUT2D eigenvalue weighted by Crippen LogP contribution is 2.24. The van der Waals surface area contributed by atoms with Gasteiger partial charge in [0.2, 0.25) is 0 Å². The Bertz CT molecular complexity index is 1040. The lowest BCUT2D eigenvalue weighted by Gasteiger charge is -2.11. The molecule has 0 spiro atoms. The van der Waals surface area contributed by atoms with Crippen molar-refractivity contribution in [2.75, 3.05) is 5.32 Å². The Morgan fingerprint density at radius 1 is 0.741 bits per heavy atom. The highest BCUT2D eigenvalue weighted by molar-refractivity contribution is 5.93. The number of anilines is 1. The molecule has 3 heteroatoms. The van der Waals surface area contributed by atoms with E-state index in [1.165, 1.54) is 22.9 Å². The van der Waals surface area contributed by atoms with Gasteiger partial charge in [0.1, 0.15) is 18.2 Å². The molecule has 0 amide bonds. The lowest BCUT2D eigenvalue weighted by Crippen LogP contribution is -2.01. The van der Waals surface area contributed by atoms with E-state index in [0.29, 0.717) is 13.2 Å². The monoisotopic (exact) mass is 357 g/mol. The lowest BCUT2D eigenvalue weighted by molar-refractivity contribution is 0.306. The Morgan fingerprint density at radius 2 is 1.52 bits per heavy atom. The van der Waals surface area contributed by atoms with Gasteiger partial charge in [0.15, 0.2) is 0 Å². The van der Waals surface area contributed by atoms with Gasteiger partial charge in [0.25, 0.3) is 0 Å². The van der Waals surface area contributed by atoms with Gasteiger partial charge >= 0.3 is 0 Å². The largest absolute Gasteiger partial charge is 0.489 e. The summed E-state index contributed by atoms with van der Waals surface area (Å²) in [6, 6.07) is 29.0. The molecule has 1 N–H and O–H groups in total. The molecule has 0 aliphatic carbocycles. The van der Waals surface area contributed by atoms with Gasteiger partial charge in [-0.3, -0.25) is 0 Å². The number of ether oxygens (including phenoxy) is 1. The first-order chi connectivity index (χ1) is 13.3. The van der Waals surface area contributed by atoms with Crippen molar-refractivity contribution in [3.05, 3.63) is 108 Å². The Balaban J connectivity index is 1.42. The molecule has 27 heavy (non-hydrogen) atoms. The molecular weight excluding hydrogens is 337 g/mol. The molecule has 4 aromatic carbocycles. The SMILES string of the molecule is Fc1ccc(COc2cccc(CNc3cccc4ccccc34)c2)cc1. The number of benzene rings is 4. The van der Waals surface area contributed by atoms with E-state index in [2.05, 4.69) is 47.8 Å². The normalized spacial score (nSPS) is 10.7. The second kappa shape index (κ2) is 7.92. The van der Waals surface area contributed by atoms with E-state index in [9.17, 15) is 4.39 Å². The predicted molar refractivity (Wildman–Crippen MR) is 108 cm³/mol. The van der Waals surface area contributed by atoms with Crippen molar-refractivity contribution in [1.82, 2.24) is 0 Å². The molecule has 0 fully saturated rings. The first-order valence-electron chi connectivity index (χ1n) is 8.96. The zero-order chi connectivity index (χ0) is 18.5. The van der Waals surface area contributed by atoms with Crippen LogP contribution in [0.15, 0.2) is 91.0 Å². The molecule has 0 aliphatic heterocycles. The van der Waals surface area contributed by atoms with Gasteiger partial charge in [-0.05, 0) is 46.8 Å². The fourth-order valence-electron chi connectivity index (χ4n) is 3.07. The maximum atomic E-state index is 13.0. The minimum absolute atomic E-state index is 0.236. The Kier molecular flexibility index (Phi) is 5.01. The van der Waals surface area contributed by atoms with Crippen LogP contribution in [-0.2, 0) is 13.2 Å². The van der Waals surface area contributed by atoms with Gasteiger partial charge in [-0.15, -0.1) is 0 Å². The van der Waals surface area contributed by atoms with Crippen molar-refractivity contribution in [3.8, 4) is 5.75 Å². The molecule has 0 bridgehead atoms. The maximum Gasteiger partial charge on any atom is 0.123 e. The van der Waals surface area contributed by atoms with Crippen LogP contribution in [0.3, 0.4) is 0 Å². The van der Waals surface area contributed by atoms with Gasteiger partial charge in [-0.1, -0.05) is 60.7 Å². The van der Waals surface area contributed by atoms with Gasteiger partial charge < -0.3 is 10.1 Å². The van der Waals surface area contributed by atoms with Crippen molar-refractivity contribution >= 4 is 16.5 Å². The molecule has 4 rings (SSSR count). The van der Waals surface area contributed by atoms with Crippen LogP contribution in [0.2, 0.25) is 0 Å². The molecular formula is C24H20FNO. The van der Waals surface area contributed by atoms with Gasteiger partial charge in [-0.2, -0.15) is 0 Å². The number of rotatable bonds is 6. The van der Waals surface area contributed by atoms with Gasteiger partial charge in [-0.25, -0.2) is 4.39 Å². The second-order valence-electron chi connectivity index (χ2n) is 6.44. The summed E-state index contributed by atoms with van der Waals surface area (Å²) >= 11 is 0. The minimum Gasteiger partial charge on any atom is -0.489 e. The van der Waals surface area contributed by atoms with Crippen LogP contribution >= 0.6 is 0 Å².